The van der Waals surface area contributed by atoms with Crippen LogP contribution in [-0.2, 0) is 11.8 Å². The molecule has 5 aromatic heterocycles. The Kier molecular flexibility index (Phi) is 3.85. The molecule has 9 nitrogen and oxygen atoms in total. The Morgan fingerprint density at radius 1 is 1.28 bits per heavy atom. The van der Waals surface area contributed by atoms with Crippen LogP contribution in [0.5, 0.6) is 5.75 Å². The van der Waals surface area contributed by atoms with E-state index in [1.807, 2.05) is 35.0 Å². The summed E-state index contributed by atoms with van der Waals surface area (Å²) in [7, 11) is 1.62. The van der Waals surface area contributed by atoms with Crippen molar-refractivity contribution in [3.63, 3.8) is 0 Å². The van der Waals surface area contributed by atoms with Gasteiger partial charge >= 0.3 is 0 Å². The lowest BCUT2D eigenvalue weighted by Crippen LogP contribution is -2.15. The Labute approximate surface area is 180 Å². The number of fused-ring (bicyclic) bond motifs is 2. The van der Waals surface area contributed by atoms with Gasteiger partial charge < -0.3 is 14.8 Å². The Morgan fingerprint density at radius 2 is 2.16 bits per heavy atom. The number of nitrogens with zero attached hydrogens (tertiary/aromatic N) is 6. The second-order valence-corrected chi connectivity index (χ2v) is 8.01. The van der Waals surface area contributed by atoms with Crippen LogP contribution in [0.15, 0.2) is 55.1 Å². The highest BCUT2D eigenvalue weighted by atomic mass is 19.1. The molecule has 1 saturated carbocycles. The molecule has 0 bridgehead atoms. The van der Waals surface area contributed by atoms with Crippen LogP contribution in [0.4, 0.5) is 10.2 Å². The van der Waals surface area contributed by atoms with E-state index in [4.69, 9.17) is 0 Å². The van der Waals surface area contributed by atoms with Crippen LogP contribution >= 0.6 is 0 Å². The number of anilines is 1. The van der Waals surface area contributed by atoms with Gasteiger partial charge in [0.25, 0.3) is 0 Å². The van der Waals surface area contributed by atoms with Gasteiger partial charge in [0.2, 0.25) is 5.91 Å². The number of nitrogens with one attached hydrogen (secondary N) is 1. The molecule has 0 aliphatic heterocycles. The van der Waals surface area contributed by atoms with Gasteiger partial charge in [-0.3, -0.25) is 9.48 Å². The lowest BCUT2D eigenvalue weighted by Gasteiger charge is -2.05. The first-order chi connectivity index (χ1) is 15.5. The van der Waals surface area contributed by atoms with Gasteiger partial charge in [-0.15, -0.1) is 5.10 Å². The molecule has 2 atom stereocenters. The van der Waals surface area contributed by atoms with Crippen molar-refractivity contribution in [1.82, 2.24) is 28.8 Å². The standard InChI is InChI=1S/C22H18FN7O2/c1-28-21(18(31)9-24-28)15-6-12-7-19(27-30(12)10-16(15)23)26-22(32)14-8-13(14)17-11-29-5-3-2-4-20(29)25-17/h2-7,9-11,13-14,31H,8H2,1H3,(H,26,27,32)/t13?,14-/m1/s1. The summed E-state index contributed by atoms with van der Waals surface area (Å²) in [5.74, 6) is -0.587. The molecule has 6 rings (SSSR count). The van der Waals surface area contributed by atoms with E-state index in [0.29, 0.717) is 11.3 Å². The molecule has 1 aliphatic rings. The average Bonchev–Trinajstić information content (AvgIpc) is 3.13. The molecule has 0 aromatic carbocycles. The first-order valence-electron chi connectivity index (χ1n) is 10.1. The lowest BCUT2D eigenvalue weighted by atomic mass is 10.1. The van der Waals surface area contributed by atoms with Crippen molar-refractivity contribution in [3.05, 3.63) is 66.6 Å². The number of rotatable bonds is 4. The molecule has 1 fully saturated rings. The third kappa shape index (κ3) is 2.91. The summed E-state index contributed by atoms with van der Waals surface area (Å²) in [4.78, 5) is 17.3. The highest BCUT2D eigenvalue weighted by Gasteiger charge is 2.45. The van der Waals surface area contributed by atoms with Crippen molar-refractivity contribution < 1.29 is 14.3 Å². The van der Waals surface area contributed by atoms with Crippen molar-refractivity contribution in [1.29, 1.82) is 0 Å². The maximum absolute atomic E-state index is 14.7. The van der Waals surface area contributed by atoms with E-state index in [1.165, 1.54) is 21.6 Å². The van der Waals surface area contributed by atoms with Crippen molar-refractivity contribution >= 4 is 22.9 Å². The van der Waals surface area contributed by atoms with Gasteiger partial charge in [-0.2, -0.15) is 5.10 Å². The summed E-state index contributed by atoms with van der Waals surface area (Å²) >= 11 is 0. The van der Waals surface area contributed by atoms with Gasteiger partial charge in [0, 0.05) is 42.9 Å². The van der Waals surface area contributed by atoms with E-state index in [0.717, 1.165) is 17.8 Å². The highest BCUT2D eigenvalue weighted by molar-refractivity contribution is 5.95. The Morgan fingerprint density at radius 3 is 2.94 bits per heavy atom. The summed E-state index contributed by atoms with van der Waals surface area (Å²) < 4.78 is 19.4. The molecule has 1 amide bonds. The summed E-state index contributed by atoms with van der Waals surface area (Å²) in [6, 6.07) is 9.01. The minimum Gasteiger partial charge on any atom is -0.504 e. The van der Waals surface area contributed by atoms with Crippen LogP contribution in [0.25, 0.3) is 22.4 Å². The fraction of sp³-hybridized carbons (Fsp3) is 0.182. The van der Waals surface area contributed by atoms with Crippen LogP contribution in [0.2, 0.25) is 0 Å². The van der Waals surface area contributed by atoms with Crippen molar-refractivity contribution in [2.75, 3.05) is 5.32 Å². The minimum atomic E-state index is -0.563. The number of aromatic nitrogens is 6. The number of imidazole rings is 1. The third-order valence-corrected chi connectivity index (χ3v) is 5.87. The van der Waals surface area contributed by atoms with Crippen molar-refractivity contribution in [2.45, 2.75) is 12.3 Å². The molecule has 0 radical (unpaired) electrons. The zero-order valence-electron chi connectivity index (χ0n) is 17.0. The zero-order chi connectivity index (χ0) is 22.0. The van der Waals surface area contributed by atoms with Crippen LogP contribution in [-0.4, -0.2) is 39.8 Å². The number of aromatic hydroxyl groups is 1. The lowest BCUT2D eigenvalue weighted by molar-refractivity contribution is -0.117. The van der Waals surface area contributed by atoms with E-state index in [-0.39, 0.29) is 34.7 Å². The number of aryl methyl sites for hydroxylation is 1. The molecular formula is C22H18FN7O2. The first-order valence-corrected chi connectivity index (χ1v) is 10.1. The van der Waals surface area contributed by atoms with Crippen LogP contribution in [0.3, 0.4) is 0 Å². The van der Waals surface area contributed by atoms with Gasteiger partial charge in [0.15, 0.2) is 17.4 Å². The monoisotopic (exact) mass is 431 g/mol. The fourth-order valence-electron chi connectivity index (χ4n) is 4.16. The Balaban J connectivity index is 1.23. The van der Waals surface area contributed by atoms with Gasteiger partial charge in [-0.25, -0.2) is 13.9 Å². The summed E-state index contributed by atoms with van der Waals surface area (Å²) in [5, 5.41) is 21.0. The fourth-order valence-corrected chi connectivity index (χ4v) is 4.16. The summed E-state index contributed by atoms with van der Waals surface area (Å²) in [5.41, 5.74) is 2.79. The smallest absolute Gasteiger partial charge is 0.229 e. The molecule has 5 aromatic rings. The topological polar surface area (TPSA) is 102 Å². The minimum absolute atomic E-state index is 0.0730. The zero-order valence-corrected chi connectivity index (χ0v) is 17.0. The van der Waals surface area contributed by atoms with Crippen molar-refractivity contribution in [2.24, 2.45) is 13.0 Å². The van der Waals surface area contributed by atoms with Crippen LogP contribution in [0, 0.1) is 11.7 Å². The normalized spacial score (nSPS) is 17.8. The molecule has 1 aliphatic carbocycles. The highest BCUT2D eigenvalue weighted by Crippen LogP contribution is 2.47. The predicted octanol–water partition coefficient (Wildman–Crippen LogP) is 2.97. The van der Waals surface area contributed by atoms with E-state index >= 15 is 0 Å². The molecular weight excluding hydrogens is 413 g/mol. The molecule has 0 spiro atoms. The molecule has 160 valence electrons. The number of carbonyl (C=O) groups excluding carboxylic acids is 1. The van der Waals surface area contributed by atoms with Crippen LogP contribution < -0.4 is 5.32 Å². The Bertz CT molecular complexity index is 1460. The second kappa shape index (κ2) is 6.64. The number of hydrogen-bond donors (Lipinski definition) is 2. The second-order valence-electron chi connectivity index (χ2n) is 8.01. The van der Waals surface area contributed by atoms with Gasteiger partial charge in [-0.05, 0) is 24.6 Å². The van der Waals surface area contributed by atoms with E-state index in [1.54, 1.807) is 19.2 Å². The number of pyridine rings is 2. The molecule has 5 heterocycles. The number of hydrogen-bond acceptors (Lipinski definition) is 5. The van der Waals surface area contributed by atoms with Gasteiger partial charge in [-0.1, -0.05) is 6.07 Å². The SMILES string of the molecule is Cn1ncc(O)c1-c1cc2cc(NC(=O)[C@@H]3CC3c3cn4ccccc4n3)nn2cc1F. The number of amides is 1. The van der Waals surface area contributed by atoms with Crippen LogP contribution in [0.1, 0.15) is 18.0 Å². The molecule has 10 heteroatoms. The molecule has 1 unspecified atom stereocenters. The summed E-state index contributed by atoms with van der Waals surface area (Å²) in [6.45, 7) is 0. The van der Waals surface area contributed by atoms with Gasteiger partial charge in [0.1, 0.15) is 11.3 Å². The predicted molar refractivity (Wildman–Crippen MR) is 114 cm³/mol. The molecule has 32 heavy (non-hydrogen) atoms. The first kappa shape index (κ1) is 18.6. The largest absolute Gasteiger partial charge is 0.504 e. The maximum atomic E-state index is 14.7. The Hall–Kier alpha value is -4.21. The van der Waals surface area contributed by atoms with E-state index < -0.39 is 5.82 Å². The van der Waals surface area contributed by atoms with Gasteiger partial charge in [0.05, 0.1) is 23.6 Å². The number of carbonyl (C=O) groups is 1. The molecule has 0 saturated heterocycles. The van der Waals surface area contributed by atoms with E-state index in [2.05, 4.69) is 20.5 Å². The number of halogens is 1. The quantitative estimate of drug-likeness (QED) is 0.456. The third-order valence-electron chi connectivity index (χ3n) is 5.87. The average molecular weight is 431 g/mol. The summed E-state index contributed by atoms with van der Waals surface area (Å²) in [6.07, 6.45) is 7.08. The van der Waals surface area contributed by atoms with E-state index in [9.17, 15) is 14.3 Å². The maximum Gasteiger partial charge on any atom is 0.229 e. The van der Waals surface area contributed by atoms with Crippen molar-refractivity contribution in [3.8, 4) is 17.0 Å². The molecule has 2 N–H and O–H groups in total.